The Balaban J connectivity index is 1.52. The van der Waals surface area contributed by atoms with Crippen molar-refractivity contribution in [2.75, 3.05) is 13.1 Å². The lowest BCUT2D eigenvalue weighted by atomic mass is 9.96. The third-order valence-electron chi connectivity index (χ3n) is 5.07. The van der Waals surface area contributed by atoms with Crippen LogP contribution >= 0.6 is 0 Å². The van der Waals surface area contributed by atoms with Crippen LogP contribution in [0.3, 0.4) is 0 Å². The SMILES string of the molecule is O=C(c1ccc[nH]c1=O)N1CCCC(c2nccn2Cc2ccccc2)C1. The van der Waals surface area contributed by atoms with Crippen LogP contribution in [0.2, 0.25) is 0 Å². The van der Waals surface area contributed by atoms with Gasteiger partial charge in [0.05, 0.1) is 0 Å². The molecule has 1 aliphatic heterocycles. The minimum absolute atomic E-state index is 0.171. The zero-order valence-corrected chi connectivity index (χ0v) is 15.0. The maximum absolute atomic E-state index is 12.8. The average Bonchev–Trinajstić information content (AvgIpc) is 3.17. The number of benzene rings is 1. The van der Waals surface area contributed by atoms with Gasteiger partial charge in [-0.3, -0.25) is 9.59 Å². The molecule has 1 N–H and O–H groups in total. The summed E-state index contributed by atoms with van der Waals surface area (Å²) in [5, 5.41) is 0. The summed E-state index contributed by atoms with van der Waals surface area (Å²) in [5.41, 5.74) is 1.08. The number of amides is 1. The van der Waals surface area contributed by atoms with E-state index in [0.717, 1.165) is 25.2 Å². The summed E-state index contributed by atoms with van der Waals surface area (Å²) in [5.74, 6) is 0.963. The molecule has 6 nitrogen and oxygen atoms in total. The van der Waals surface area contributed by atoms with Gasteiger partial charge >= 0.3 is 0 Å². The van der Waals surface area contributed by atoms with E-state index in [1.807, 2.05) is 30.6 Å². The number of likely N-dealkylation sites (tertiary alicyclic amines) is 1. The van der Waals surface area contributed by atoms with Crippen LogP contribution in [0.15, 0.2) is 65.8 Å². The molecule has 6 heteroatoms. The predicted octanol–water partition coefficient (Wildman–Crippen LogP) is 2.64. The van der Waals surface area contributed by atoms with Crippen LogP contribution in [0.25, 0.3) is 0 Å². The smallest absolute Gasteiger partial charge is 0.260 e. The molecule has 3 heterocycles. The fourth-order valence-corrected chi connectivity index (χ4v) is 3.73. The second-order valence-corrected chi connectivity index (χ2v) is 6.90. The molecule has 0 bridgehead atoms. The first kappa shape index (κ1) is 17.3. The molecule has 4 rings (SSSR count). The third kappa shape index (κ3) is 3.69. The number of carbonyl (C=O) groups is 1. The Morgan fingerprint density at radius 1 is 1.19 bits per heavy atom. The van der Waals surface area contributed by atoms with E-state index in [2.05, 4.69) is 26.7 Å². The van der Waals surface area contributed by atoms with Crippen molar-refractivity contribution in [2.45, 2.75) is 25.3 Å². The number of piperidine rings is 1. The van der Waals surface area contributed by atoms with E-state index in [4.69, 9.17) is 0 Å². The topological polar surface area (TPSA) is 71.0 Å². The highest BCUT2D eigenvalue weighted by Gasteiger charge is 2.28. The standard InChI is InChI=1S/C21H22N4O2/c26-20-18(9-4-10-23-20)21(27)25-12-5-8-17(15-25)19-22-11-13-24(19)14-16-6-2-1-3-7-16/h1-4,6-7,9-11,13,17H,5,8,12,14-15H2,(H,23,26). The number of hydrogen-bond donors (Lipinski definition) is 1. The maximum Gasteiger partial charge on any atom is 0.260 e. The Bertz CT molecular complexity index is 977. The summed E-state index contributed by atoms with van der Waals surface area (Å²) in [6, 6.07) is 13.5. The molecule has 1 saturated heterocycles. The van der Waals surface area contributed by atoms with Gasteiger partial charge in [-0.15, -0.1) is 0 Å². The van der Waals surface area contributed by atoms with E-state index in [1.165, 1.54) is 5.56 Å². The monoisotopic (exact) mass is 362 g/mol. The summed E-state index contributed by atoms with van der Waals surface area (Å²) >= 11 is 0. The lowest BCUT2D eigenvalue weighted by molar-refractivity contribution is 0.0701. The van der Waals surface area contributed by atoms with Gasteiger partial charge in [-0.25, -0.2) is 4.98 Å². The van der Waals surface area contributed by atoms with Crippen LogP contribution in [0.1, 0.15) is 40.5 Å². The predicted molar refractivity (Wildman–Crippen MR) is 103 cm³/mol. The Kier molecular flexibility index (Phi) is 4.87. The highest BCUT2D eigenvalue weighted by molar-refractivity contribution is 5.93. The van der Waals surface area contributed by atoms with Gasteiger partial charge in [-0.2, -0.15) is 0 Å². The van der Waals surface area contributed by atoms with Crippen LogP contribution in [-0.4, -0.2) is 38.4 Å². The van der Waals surface area contributed by atoms with E-state index in [-0.39, 0.29) is 22.9 Å². The number of imidazole rings is 1. The Morgan fingerprint density at radius 2 is 2.04 bits per heavy atom. The van der Waals surface area contributed by atoms with Crippen molar-refractivity contribution in [3.8, 4) is 0 Å². The molecule has 0 spiro atoms. The molecule has 1 fully saturated rings. The number of aromatic nitrogens is 3. The molecular weight excluding hydrogens is 340 g/mol. The third-order valence-corrected chi connectivity index (χ3v) is 5.07. The summed E-state index contributed by atoms with van der Waals surface area (Å²) in [6.45, 7) is 2.01. The molecule has 0 saturated carbocycles. The maximum atomic E-state index is 12.8. The van der Waals surface area contributed by atoms with Crippen molar-refractivity contribution in [1.29, 1.82) is 0 Å². The number of rotatable bonds is 4. The molecule has 0 radical (unpaired) electrons. The fourth-order valence-electron chi connectivity index (χ4n) is 3.73. The molecule has 1 aromatic carbocycles. The Labute approximate surface area is 157 Å². The first-order valence-corrected chi connectivity index (χ1v) is 9.24. The molecule has 0 aliphatic carbocycles. The minimum Gasteiger partial charge on any atom is -0.338 e. The van der Waals surface area contributed by atoms with Crippen LogP contribution in [-0.2, 0) is 6.54 Å². The number of H-pyrrole nitrogens is 1. The average molecular weight is 362 g/mol. The number of pyridine rings is 1. The molecule has 1 amide bonds. The number of hydrogen-bond acceptors (Lipinski definition) is 3. The largest absolute Gasteiger partial charge is 0.338 e. The summed E-state index contributed by atoms with van der Waals surface area (Å²) in [6.07, 6.45) is 7.24. The van der Waals surface area contributed by atoms with Crippen LogP contribution in [0, 0.1) is 0 Å². The van der Waals surface area contributed by atoms with E-state index in [9.17, 15) is 9.59 Å². The van der Waals surface area contributed by atoms with Gasteiger partial charge in [0.2, 0.25) is 0 Å². The minimum atomic E-state index is -0.338. The summed E-state index contributed by atoms with van der Waals surface area (Å²) in [7, 11) is 0. The lowest BCUT2D eigenvalue weighted by Crippen LogP contribution is -2.41. The number of nitrogens with one attached hydrogen (secondary N) is 1. The second-order valence-electron chi connectivity index (χ2n) is 6.90. The van der Waals surface area contributed by atoms with Gasteiger partial charge in [-0.1, -0.05) is 30.3 Å². The van der Waals surface area contributed by atoms with Gasteiger partial charge in [-0.05, 0) is 30.5 Å². The van der Waals surface area contributed by atoms with Gasteiger partial charge in [0.25, 0.3) is 11.5 Å². The second kappa shape index (κ2) is 7.61. The zero-order chi connectivity index (χ0) is 18.6. The van der Waals surface area contributed by atoms with Crippen molar-refractivity contribution in [1.82, 2.24) is 19.4 Å². The van der Waals surface area contributed by atoms with Gasteiger partial charge in [0.15, 0.2) is 0 Å². The lowest BCUT2D eigenvalue weighted by Gasteiger charge is -2.32. The molecule has 1 unspecified atom stereocenters. The number of nitrogens with zero attached hydrogens (tertiary/aromatic N) is 3. The molecule has 138 valence electrons. The highest BCUT2D eigenvalue weighted by Crippen LogP contribution is 2.27. The van der Waals surface area contributed by atoms with Crippen molar-refractivity contribution < 1.29 is 4.79 Å². The van der Waals surface area contributed by atoms with Crippen LogP contribution < -0.4 is 5.56 Å². The highest BCUT2D eigenvalue weighted by atomic mass is 16.2. The summed E-state index contributed by atoms with van der Waals surface area (Å²) < 4.78 is 2.16. The Morgan fingerprint density at radius 3 is 2.85 bits per heavy atom. The number of aromatic amines is 1. The molecule has 27 heavy (non-hydrogen) atoms. The first-order valence-electron chi connectivity index (χ1n) is 9.24. The first-order chi connectivity index (χ1) is 13.2. The molecular formula is C21H22N4O2. The normalized spacial score (nSPS) is 17.0. The number of carbonyl (C=O) groups excluding carboxylic acids is 1. The zero-order valence-electron chi connectivity index (χ0n) is 15.0. The van der Waals surface area contributed by atoms with E-state index < -0.39 is 0 Å². The molecule has 1 atom stereocenters. The van der Waals surface area contributed by atoms with Crippen LogP contribution in [0.4, 0.5) is 0 Å². The molecule has 2 aromatic heterocycles. The van der Waals surface area contributed by atoms with Crippen molar-refractivity contribution in [2.24, 2.45) is 0 Å². The van der Waals surface area contributed by atoms with Crippen molar-refractivity contribution >= 4 is 5.91 Å². The molecule has 3 aromatic rings. The van der Waals surface area contributed by atoms with Gasteiger partial charge in [0.1, 0.15) is 11.4 Å². The van der Waals surface area contributed by atoms with Crippen molar-refractivity contribution in [3.63, 3.8) is 0 Å². The quantitative estimate of drug-likeness (QED) is 0.776. The summed E-state index contributed by atoms with van der Waals surface area (Å²) in [4.78, 5) is 33.7. The van der Waals surface area contributed by atoms with E-state index in [1.54, 1.807) is 23.2 Å². The van der Waals surface area contributed by atoms with Crippen molar-refractivity contribution in [3.05, 3.63) is 88.4 Å². The van der Waals surface area contributed by atoms with Gasteiger partial charge < -0.3 is 14.5 Å². The molecule has 1 aliphatic rings. The van der Waals surface area contributed by atoms with Gasteiger partial charge in [0, 0.05) is 44.1 Å². The Hall–Kier alpha value is -3.15. The van der Waals surface area contributed by atoms with E-state index >= 15 is 0 Å². The van der Waals surface area contributed by atoms with Crippen LogP contribution in [0.5, 0.6) is 0 Å². The fraction of sp³-hybridized carbons (Fsp3) is 0.286. The van der Waals surface area contributed by atoms with E-state index in [0.29, 0.717) is 13.1 Å².